The van der Waals surface area contributed by atoms with E-state index in [1.165, 1.54) is 16.0 Å². The summed E-state index contributed by atoms with van der Waals surface area (Å²) in [7, 11) is 0. The van der Waals surface area contributed by atoms with Gasteiger partial charge in [0.25, 0.3) is 0 Å². The largest absolute Gasteiger partial charge is 0.322 e. The fraction of sp³-hybridized carbons (Fsp3) is 0.619. The number of amides is 2. The lowest BCUT2D eigenvalue weighted by molar-refractivity contribution is -1.02. The molecule has 2 saturated heterocycles. The molecular formula is C21H31N3O2+2. The molecule has 140 valence electrons. The maximum absolute atomic E-state index is 12.6. The first-order valence-electron chi connectivity index (χ1n) is 10.2. The molecule has 4 rings (SSSR count). The van der Waals surface area contributed by atoms with Crippen molar-refractivity contribution in [2.45, 2.75) is 39.2 Å². The maximum Gasteiger partial charge on any atom is 0.237 e. The molecule has 1 aliphatic carbocycles. The van der Waals surface area contributed by atoms with Gasteiger partial charge >= 0.3 is 0 Å². The second-order valence-corrected chi connectivity index (χ2v) is 8.43. The van der Waals surface area contributed by atoms with Gasteiger partial charge in [0.15, 0.2) is 6.67 Å². The number of hydrogen-bond donors (Lipinski definition) is 2. The van der Waals surface area contributed by atoms with E-state index >= 15 is 0 Å². The molecule has 0 radical (unpaired) electrons. The Kier molecular flexibility index (Phi) is 5.09. The number of piperazine rings is 1. The van der Waals surface area contributed by atoms with E-state index in [2.05, 4.69) is 31.2 Å². The highest BCUT2D eigenvalue weighted by molar-refractivity contribution is 6.05. The highest BCUT2D eigenvalue weighted by Crippen LogP contribution is 2.37. The number of hydrogen-bond acceptors (Lipinski definition) is 2. The lowest BCUT2D eigenvalue weighted by Gasteiger charge is -2.31. The molecule has 0 aromatic heterocycles. The van der Waals surface area contributed by atoms with Crippen LogP contribution in [0.1, 0.15) is 36.8 Å². The maximum atomic E-state index is 12.6. The number of fused-ring (bicyclic) bond motifs is 1. The van der Waals surface area contributed by atoms with Crippen molar-refractivity contribution in [2.24, 2.45) is 11.8 Å². The zero-order valence-corrected chi connectivity index (χ0v) is 15.8. The van der Waals surface area contributed by atoms with E-state index in [0.717, 1.165) is 58.4 Å². The third-order valence-corrected chi connectivity index (χ3v) is 6.51. The molecule has 0 spiro atoms. The van der Waals surface area contributed by atoms with Gasteiger partial charge in [-0.05, 0) is 19.8 Å². The normalized spacial score (nSPS) is 32.0. The van der Waals surface area contributed by atoms with Gasteiger partial charge in [0, 0.05) is 5.56 Å². The van der Waals surface area contributed by atoms with Crippen LogP contribution in [0, 0.1) is 18.8 Å². The summed E-state index contributed by atoms with van der Waals surface area (Å²) >= 11 is 0. The van der Waals surface area contributed by atoms with E-state index in [4.69, 9.17) is 0 Å². The quantitative estimate of drug-likeness (QED) is 0.708. The van der Waals surface area contributed by atoms with Crippen molar-refractivity contribution in [3.8, 4) is 0 Å². The van der Waals surface area contributed by atoms with Crippen LogP contribution in [0.25, 0.3) is 0 Å². The number of aryl methyl sites for hydroxylation is 1. The highest BCUT2D eigenvalue weighted by Gasteiger charge is 2.49. The fourth-order valence-corrected chi connectivity index (χ4v) is 5.01. The van der Waals surface area contributed by atoms with E-state index in [-0.39, 0.29) is 23.7 Å². The summed E-state index contributed by atoms with van der Waals surface area (Å²) in [6.07, 6.45) is 4.02. The molecule has 2 atom stereocenters. The second kappa shape index (κ2) is 7.49. The molecule has 2 aliphatic heterocycles. The van der Waals surface area contributed by atoms with Gasteiger partial charge in [-0.3, -0.25) is 9.59 Å². The average Bonchev–Trinajstić information content (AvgIpc) is 2.89. The van der Waals surface area contributed by atoms with Crippen LogP contribution < -0.4 is 9.80 Å². The molecule has 2 N–H and O–H groups in total. The third kappa shape index (κ3) is 3.55. The Morgan fingerprint density at radius 3 is 2.19 bits per heavy atom. The molecule has 3 aliphatic rings. The van der Waals surface area contributed by atoms with Gasteiger partial charge in [-0.2, -0.15) is 0 Å². The molecular weight excluding hydrogens is 326 g/mol. The fourth-order valence-electron chi connectivity index (χ4n) is 5.01. The average molecular weight is 357 g/mol. The van der Waals surface area contributed by atoms with Crippen molar-refractivity contribution in [3.63, 3.8) is 0 Å². The SMILES string of the molecule is Cc1cccc(C[NH+]2CC[NH+](CN3C(=O)[C@H]4CCCC[C@H]4C3=O)CC2)c1. The van der Waals surface area contributed by atoms with Crippen LogP contribution >= 0.6 is 0 Å². The molecule has 5 heteroatoms. The predicted octanol–water partition coefficient (Wildman–Crippen LogP) is -0.589. The number of nitrogens with zero attached hydrogens (tertiary/aromatic N) is 1. The first-order chi connectivity index (χ1) is 12.6. The standard InChI is InChI=1S/C21H29N3O2/c1-16-5-4-6-17(13-16)14-22-9-11-23(12-10-22)15-24-20(25)18-7-2-3-8-19(18)21(24)26/h4-6,13,18-19H,2-3,7-12,14-15H2,1H3/p+2/t18-,19+. The number of imide groups is 1. The summed E-state index contributed by atoms with van der Waals surface area (Å²) in [5.41, 5.74) is 2.72. The van der Waals surface area contributed by atoms with Gasteiger partial charge in [-0.15, -0.1) is 0 Å². The Labute approximate surface area is 155 Å². The van der Waals surface area contributed by atoms with Crippen LogP contribution in [0.4, 0.5) is 0 Å². The van der Waals surface area contributed by atoms with Gasteiger partial charge in [0.05, 0.1) is 11.8 Å². The Morgan fingerprint density at radius 1 is 0.962 bits per heavy atom. The minimum atomic E-state index is -0.0103. The number of carbonyl (C=O) groups excluding carboxylic acids is 2. The van der Waals surface area contributed by atoms with Crippen LogP contribution in [0.5, 0.6) is 0 Å². The van der Waals surface area contributed by atoms with Crippen LogP contribution in [0.2, 0.25) is 0 Å². The number of quaternary nitrogens is 2. The molecule has 0 bridgehead atoms. The minimum Gasteiger partial charge on any atom is -0.322 e. The van der Waals surface area contributed by atoms with E-state index in [0.29, 0.717) is 6.67 Å². The Hall–Kier alpha value is -1.72. The monoisotopic (exact) mass is 357 g/mol. The van der Waals surface area contributed by atoms with Gasteiger partial charge in [-0.1, -0.05) is 42.7 Å². The van der Waals surface area contributed by atoms with Gasteiger partial charge in [0.2, 0.25) is 11.8 Å². The summed E-state index contributed by atoms with van der Waals surface area (Å²) in [6, 6.07) is 8.76. The molecule has 2 amide bonds. The third-order valence-electron chi connectivity index (χ3n) is 6.51. The summed E-state index contributed by atoms with van der Waals surface area (Å²) in [6.45, 7) is 8.07. The van der Waals surface area contributed by atoms with Crippen molar-refractivity contribution in [3.05, 3.63) is 35.4 Å². The van der Waals surface area contributed by atoms with Crippen molar-refractivity contribution < 1.29 is 19.4 Å². The number of carbonyl (C=O) groups is 2. The first-order valence-corrected chi connectivity index (χ1v) is 10.2. The van der Waals surface area contributed by atoms with Gasteiger partial charge in [-0.25, -0.2) is 4.90 Å². The number of nitrogens with one attached hydrogen (secondary N) is 2. The molecule has 2 heterocycles. The number of likely N-dealkylation sites (tertiary alicyclic amines) is 1. The van der Waals surface area contributed by atoms with Crippen LogP contribution in [-0.4, -0.2) is 49.6 Å². The smallest absolute Gasteiger partial charge is 0.237 e. The summed E-state index contributed by atoms with van der Waals surface area (Å²) in [5.74, 6) is 0.205. The van der Waals surface area contributed by atoms with Crippen molar-refractivity contribution in [1.82, 2.24) is 4.90 Å². The highest BCUT2D eigenvalue weighted by atomic mass is 16.2. The Balaban J connectivity index is 1.30. The van der Waals surface area contributed by atoms with Crippen LogP contribution in [0.3, 0.4) is 0 Å². The molecule has 3 fully saturated rings. The molecule has 0 unspecified atom stereocenters. The molecule has 1 aromatic carbocycles. The number of rotatable bonds is 4. The predicted molar refractivity (Wildman–Crippen MR) is 98.4 cm³/mol. The van der Waals surface area contributed by atoms with E-state index in [1.807, 2.05) is 0 Å². The molecule has 1 aromatic rings. The van der Waals surface area contributed by atoms with Crippen LogP contribution in [-0.2, 0) is 16.1 Å². The minimum absolute atomic E-state index is 0.0103. The van der Waals surface area contributed by atoms with Crippen molar-refractivity contribution in [2.75, 3.05) is 32.8 Å². The lowest BCUT2D eigenvalue weighted by atomic mass is 9.81. The lowest BCUT2D eigenvalue weighted by Crippen LogP contribution is -3.28. The Morgan fingerprint density at radius 2 is 1.58 bits per heavy atom. The van der Waals surface area contributed by atoms with Crippen LogP contribution in [0.15, 0.2) is 24.3 Å². The second-order valence-electron chi connectivity index (χ2n) is 8.43. The van der Waals surface area contributed by atoms with E-state index < -0.39 is 0 Å². The summed E-state index contributed by atoms with van der Waals surface area (Å²) in [4.78, 5) is 29.9. The first kappa shape index (κ1) is 17.7. The molecule has 1 saturated carbocycles. The zero-order valence-electron chi connectivity index (χ0n) is 15.8. The Bertz CT molecular complexity index is 658. The van der Waals surface area contributed by atoms with Crippen molar-refractivity contribution in [1.29, 1.82) is 0 Å². The summed E-state index contributed by atoms with van der Waals surface area (Å²) < 4.78 is 0. The molecule has 26 heavy (non-hydrogen) atoms. The van der Waals surface area contributed by atoms with E-state index in [1.54, 1.807) is 9.80 Å². The van der Waals surface area contributed by atoms with Crippen molar-refractivity contribution >= 4 is 11.8 Å². The zero-order chi connectivity index (χ0) is 18.1. The molecule has 5 nitrogen and oxygen atoms in total. The van der Waals surface area contributed by atoms with Gasteiger partial charge < -0.3 is 9.80 Å². The summed E-state index contributed by atoms with van der Waals surface area (Å²) in [5, 5.41) is 0. The van der Waals surface area contributed by atoms with Gasteiger partial charge in [0.1, 0.15) is 32.7 Å². The topological polar surface area (TPSA) is 46.3 Å². The van der Waals surface area contributed by atoms with E-state index in [9.17, 15) is 9.59 Å². The number of benzene rings is 1.